The summed E-state index contributed by atoms with van der Waals surface area (Å²) >= 11 is 6.27. The average Bonchev–Trinajstić information content (AvgIpc) is 3.00. The first-order valence-electron chi connectivity index (χ1n) is 10.6. The molecule has 3 aromatic carbocycles. The van der Waals surface area contributed by atoms with Crippen molar-refractivity contribution in [2.45, 2.75) is 19.3 Å². The fourth-order valence-electron chi connectivity index (χ4n) is 4.14. The van der Waals surface area contributed by atoms with Gasteiger partial charge in [0.2, 0.25) is 0 Å². The topological polar surface area (TPSA) is 49.8 Å². The summed E-state index contributed by atoms with van der Waals surface area (Å²) < 4.78 is 6.55. The Hall–Kier alpha value is -3.14. The van der Waals surface area contributed by atoms with Crippen molar-refractivity contribution in [1.82, 2.24) is 0 Å². The number of fused-ring (bicyclic) bond motifs is 1. The first-order chi connectivity index (χ1) is 15.7. The third-order valence-electron chi connectivity index (χ3n) is 5.89. The van der Waals surface area contributed by atoms with Crippen molar-refractivity contribution in [2.75, 3.05) is 11.9 Å². The third kappa shape index (κ3) is 4.66. The first-order valence-corrected chi connectivity index (χ1v) is 13.4. The molecule has 0 fully saturated rings. The second-order valence-electron chi connectivity index (χ2n) is 8.48. The summed E-state index contributed by atoms with van der Waals surface area (Å²) in [5, 5.41) is 9.82. The summed E-state index contributed by atoms with van der Waals surface area (Å²) in [6, 6.07) is 25.7. The molecule has 1 aliphatic rings. The van der Waals surface area contributed by atoms with Crippen LogP contribution in [0.25, 0.3) is 6.08 Å². The monoisotopic (exact) mass is 475 g/mol. The highest BCUT2D eigenvalue weighted by molar-refractivity contribution is 8.17. The third-order valence-corrected chi connectivity index (χ3v) is 9.15. The summed E-state index contributed by atoms with van der Waals surface area (Å²) in [5.74, 6) is 1.82. The lowest BCUT2D eigenvalue weighted by Crippen LogP contribution is -2.24. The van der Waals surface area contributed by atoms with Crippen molar-refractivity contribution >= 4 is 41.1 Å². The van der Waals surface area contributed by atoms with Crippen LogP contribution in [-0.4, -0.2) is 18.1 Å². The molecule has 0 aliphatic carbocycles. The predicted octanol–water partition coefficient (Wildman–Crippen LogP) is 6.15. The van der Waals surface area contributed by atoms with Gasteiger partial charge < -0.3 is 14.5 Å². The Labute approximate surface area is 199 Å². The minimum absolute atomic E-state index is 0.209. The molecule has 0 bridgehead atoms. The molecule has 3 aromatic rings. The van der Waals surface area contributed by atoms with E-state index in [4.69, 9.17) is 21.4 Å². The second-order valence-corrected chi connectivity index (χ2v) is 12.3. The quantitative estimate of drug-likeness (QED) is 0.342. The van der Waals surface area contributed by atoms with E-state index in [9.17, 15) is 4.79 Å². The van der Waals surface area contributed by atoms with Crippen molar-refractivity contribution < 1.29 is 14.4 Å². The summed E-state index contributed by atoms with van der Waals surface area (Å²) in [6.45, 7) is 4.44. The van der Waals surface area contributed by atoms with Crippen LogP contribution < -0.4 is 14.7 Å². The number of carboxylic acids is 1. The van der Waals surface area contributed by atoms with Crippen molar-refractivity contribution in [3.05, 3.63) is 108 Å². The highest BCUT2D eigenvalue weighted by atomic mass is 32.4. The van der Waals surface area contributed by atoms with Gasteiger partial charge in [0, 0.05) is 41.0 Å². The lowest BCUT2D eigenvalue weighted by molar-refractivity contribution is -0.131. The minimum atomic E-state index is -2.62. The molecule has 0 saturated carbocycles. The molecule has 1 aliphatic heterocycles. The van der Waals surface area contributed by atoms with Crippen LogP contribution in [0.5, 0.6) is 5.75 Å². The number of anilines is 1. The Morgan fingerprint density at radius 2 is 1.64 bits per heavy atom. The fourth-order valence-corrected chi connectivity index (χ4v) is 7.21. The summed E-state index contributed by atoms with van der Waals surface area (Å²) in [4.78, 5) is 13.0. The summed E-state index contributed by atoms with van der Waals surface area (Å²) in [7, 11) is 2.08. The maximum atomic E-state index is 10.8. The van der Waals surface area contributed by atoms with Gasteiger partial charge in [0.05, 0.1) is 0 Å². The van der Waals surface area contributed by atoms with Crippen molar-refractivity contribution in [1.29, 1.82) is 0 Å². The molecule has 6 heteroatoms. The number of benzene rings is 3. The number of para-hydroxylation sites is 1. The molecule has 1 heterocycles. The molecule has 1 N–H and O–H groups in total. The van der Waals surface area contributed by atoms with Gasteiger partial charge in [0.1, 0.15) is 5.75 Å². The normalized spacial score (nSPS) is 17.7. The van der Waals surface area contributed by atoms with E-state index in [-0.39, 0.29) is 5.41 Å². The predicted molar refractivity (Wildman–Crippen MR) is 140 cm³/mol. The number of hydrogen-bond acceptors (Lipinski definition) is 4. The van der Waals surface area contributed by atoms with Gasteiger partial charge >= 0.3 is 5.97 Å². The smallest absolute Gasteiger partial charge is 0.328 e. The minimum Gasteiger partial charge on any atom is -0.478 e. The maximum Gasteiger partial charge on any atom is 0.328 e. The molecule has 0 aromatic heterocycles. The molecule has 0 radical (unpaired) electrons. The molecule has 0 spiro atoms. The zero-order valence-corrected chi connectivity index (χ0v) is 20.5. The standard InChI is InChI=1S/C27H26NO3PS/c1-27(2)23-11-7-8-12-24(23)28(3)25(27)19-32(33,22-9-5-4-6-10-22)31-21-16-13-20(14-17-21)15-18-26(29)30/h4-19H,1-3H3,(H,29,30). The lowest BCUT2D eigenvalue weighted by atomic mass is 9.84. The number of carbonyl (C=O) groups is 1. The van der Waals surface area contributed by atoms with E-state index in [0.717, 1.165) is 22.6 Å². The number of allylic oxidation sites excluding steroid dienone is 1. The van der Waals surface area contributed by atoms with Gasteiger partial charge in [-0.25, -0.2) is 4.79 Å². The molecule has 1 atom stereocenters. The Balaban J connectivity index is 1.75. The molecule has 4 nitrogen and oxygen atoms in total. The van der Waals surface area contributed by atoms with Crippen LogP contribution in [0.2, 0.25) is 0 Å². The highest BCUT2D eigenvalue weighted by Crippen LogP contribution is 2.55. The average molecular weight is 476 g/mol. The number of hydrogen-bond donors (Lipinski definition) is 1. The van der Waals surface area contributed by atoms with E-state index in [2.05, 4.69) is 55.9 Å². The van der Waals surface area contributed by atoms with E-state index in [1.165, 1.54) is 11.3 Å². The van der Waals surface area contributed by atoms with Gasteiger partial charge in [-0.3, -0.25) is 0 Å². The molecule has 168 valence electrons. The number of aliphatic carboxylic acids is 1. The van der Waals surface area contributed by atoms with Crippen LogP contribution in [-0.2, 0) is 22.0 Å². The molecule has 33 heavy (non-hydrogen) atoms. The highest BCUT2D eigenvalue weighted by Gasteiger charge is 2.40. The van der Waals surface area contributed by atoms with Gasteiger partial charge in [-0.1, -0.05) is 74.5 Å². The van der Waals surface area contributed by atoms with Gasteiger partial charge in [0.15, 0.2) is 6.26 Å². The maximum absolute atomic E-state index is 10.8. The van der Waals surface area contributed by atoms with E-state index in [1.54, 1.807) is 6.08 Å². The molecule has 4 rings (SSSR count). The Morgan fingerprint density at radius 1 is 1.00 bits per heavy atom. The SMILES string of the molecule is CN1C(=CP(=S)(Oc2ccc(C=CC(=O)O)cc2)c2ccccc2)C(C)(C)c2ccccc21. The van der Waals surface area contributed by atoms with Gasteiger partial charge in [0.25, 0.3) is 0 Å². The van der Waals surface area contributed by atoms with Crippen LogP contribution in [0.4, 0.5) is 5.69 Å². The van der Waals surface area contributed by atoms with E-state index < -0.39 is 12.2 Å². The van der Waals surface area contributed by atoms with E-state index in [0.29, 0.717) is 5.75 Å². The number of likely N-dealkylation sites (N-methyl/N-ethyl adjacent to an activating group) is 1. The molecule has 0 saturated heterocycles. The molecular weight excluding hydrogens is 449 g/mol. The molecule has 0 amide bonds. The first kappa shape index (κ1) is 23.0. The van der Waals surface area contributed by atoms with Crippen LogP contribution in [0.3, 0.4) is 0 Å². The second kappa shape index (κ2) is 9.01. The van der Waals surface area contributed by atoms with Gasteiger partial charge in [-0.2, -0.15) is 0 Å². The molecular formula is C27H26NO3PS. The lowest BCUT2D eigenvalue weighted by Gasteiger charge is -2.28. The van der Waals surface area contributed by atoms with Gasteiger partial charge in [-0.15, -0.1) is 0 Å². The summed E-state index contributed by atoms with van der Waals surface area (Å²) in [5.41, 5.74) is 4.14. The zero-order valence-electron chi connectivity index (χ0n) is 18.8. The largest absolute Gasteiger partial charge is 0.478 e. The van der Waals surface area contributed by atoms with Crippen LogP contribution in [0, 0.1) is 0 Å². The molecule has 1 unspecified atom stereocenters. The van der Waals surface area contributed by atoms with E-state index >= 15 is 0 Å². The zero-order chi connectivity index (χ0) is 23.6. The Kier molecular flexibility index (Phi) is 6.29. The van der Waals surface area contributed by atoms with Crippen molar-refractivity contribution in [3.63, 3.8) is 0 Å². The number of rotatable bonds is 6. The van der Waals surface area contributed by atoms with Crippen molar-refractivity contribution in [2.24, 2.45) is 0 Å². The van der Waals surface area contributed by atoms with E-state index in [1.807, 2.05) is 54.6 Å². The van der Waals surface area contributed by atoms with Gasteiger partial charge in [-0.05, 0) is 47.2 Å². The Bertz CT molecular complexity index is 1280. The Morgan fingerprint density at radius 3 is 2.27 bits per heavy atom. The van der Waals surface area contributed by atoms with Crippen molar-refractivity contribution in [3.8, 4) is 5.75 Å². The number of carboxylic acid groups (broad SMARTS) is 1. The van der Waals surface area contributed by atoms with Crippen LogP contribution in [0.15, 0.2) is 96.5 Å². The van der Waals surface area contributed by atoms with Crippen LogP contribution in [0.1, 0.15) is 25.0 Å². The fraction of sp³-hybridized carbons (Fsp3) is 0.148. The van der Waals surface area contributed by atoms with Crippen LogP contribution >= 0.6 is 6.26 Å². The number of nitrogens with zero attached hydrogens (tertiary/aromatic N) is 1. The summed E-state index contributed by atoms with van der Waals surface area (Å²) in [6.07, 6.45) is 0.0484.